The van der Waals surface area contributed by atoms with Gasteiger partial charge in [0.15, 0.2) is 5.65 Å². The number of carbonyl (C=O) groups excluding carboxylic acids is 1. The number of hydrogen-bond donors (Lipinski definition) is 1. The summed E-state index contributed by atoms with van der Waals surface area (Å²) in [5.41, 5.74) is 6.40. The first kappa shape index (κ1) is 23.8. The number of aromatic nitrogens is 4. The molecule has 5 heterocycles. The van der Waals surface area contributed by atoms with Crippen molar-refractivity contribution in [2.75, 3.05) is 24.5 Å². The Morgan fingerprint density at radius 2 is 2.00 bits per heavy atom. The van der Waals surface area contributed by atoms with E-state index in [-0.39, 0.29) is 11.1 Å². The van der Waals surface area contributed by atoms with Crippen LogP contribution < -0.4 is 10.6 Å². The number of pyridine rings is 1. The minimum Gasteiger partial charge on any atom is -0.355 e. The molecule has 3 aromatic heterocycles. The molecule has 2 atom stereocenters. The lowest BCUT2D eigenvalue weighted by Gasteiger charge is -2.35. The maximum absolute atomic E-state index is 13.6. The van der Waals surface area contributed by atoms with E-state index in [0.717, 1.165) is 49.6 Å². The van der Waals surface area contributed by atoms with Crippen LogP contribution in [0, 0.1) is 6.92 Å². The Balaban J connectivity index is 1.49. The Morgan fingerprint density at radius 1 is 1.20 bits per heavy atom. The van der Waals surface area contributed by atoms with Gasteiger partial charge >= 0.3 is 6.18 Å². The van der Waals surface area contributed by atoms with Crippen LogP contribution in [0.3, 0.4) is 0 Å². The molecule has 0 spiro atoms. The highest BCUT2D eigenvalue weighted by atomic mass is 35.5. The molecule has 0 aliphatic carbocycles. The summed E-state index contributed by atoms with van der Waals surface area (Å²) in [5, 5.41) is 4.46. The molecule has 0 radical (unpaired) electrons. The third-order valence-electron chi connectivity index (χ3n) is 6.62. The predicted molar refractivity (Wildman–Crippen MR) is 124 cm³/mol. The Bertz CT molecular complexity index is 1280. The molecule has 0 aromatic carbocycles. The molecule has 3 aromatic rings. The molecular formula is C23H25ClF3N7O. The maximum atomic E-state index is 13.6. The van der Waals surface area contributed by atoms with Crippen LogP contribution in [0.2, 0.25) is 5.02 Å². The van der Waals surface area contributed by atoms with Gasteiger partial charge in [0.05, 0.1) is 22.3 Å². The lowest BCUT2D eigenvalue weighted by atomic mass is 9.98. The third kappa shape index (κ3) is 4.54. The number of carbonyl (C=O) groups is 1. The van der Waals surface area contributed by atoms with Crippen LogP contribution >= 0.6 is 11.6 Å². The highest BCUT2D eigenvalue weighted by Gasteiger charge is 2.40. The van der Waals surface area contributed by atoms with E-state index in [9.17, 15) is 18.0 Å². The van der Waals surface area contributed by atoms with Crippen LogP contribution in [0.25, 0.3) is 5.65 Å². The molecule has 0 saturated carbocycles. The molecule has 2 saturated heterocycles. The van der Waals surface area contributed by atoms with Crippen LogP contribution in [0.1, 0.15) is 59.0 Å². The van der Waals surface area contributed by atoms with Crippen molar-refractivity contribution in [3.05, 3.63) is 52.1 Å². The summed E-state index contributed by atoms with van der Waals surface area (Å²) in [6.07, 6.45) is 1.17. The standard InChI is InChI=1S/C23H25ClF3N7O/c1-13-11-34-19(30-21(13)32-7-5-15(28)12-32)9-17(31-34)18-4-2-3-6-33(18)22(35)20-16(23(25,26)27)8-14(24)10-29-20/h8-11,15,18H,2-7,12,28H2,1H3. The van der Waals surface area contributed by atoms with E-state index in [1.54, 1.807) is 10.6 Å². The fourth-order valence-electron chi connectivity index (χ4n) is 4.93. The van der Waals surface area contributed by atoms with E-state index in [2.05, 4.69) is 15.0 Å². The number of alkyl halides is 3. The zero-order valence-electron chi connectivity index (χ0n) is 19.1. The Labute approximate surface area is 204 Å². The van der Waals surface area contributed by atoms with Gasteiger partial charge in [-0.3, -0.25) is 4.79 Å². The number of likely N-dealkylation sites (tertiary alicyclic amines) is 1. The molecule has 8 nitrogen and oxygen atoms in total. The number of nitrogens with zero attached hydrogens (tertiary/aromatic N) is 6. The number of rotatable bonds is 3. The third-order valence-corrected chi connectivity index (χ3v) is 6.82. The number of aryl methyl sites for hydroxylation is 1. The van der Waals surface area contributed by atoms with Gasteiger partial charge in [-0.05, 0) is 38.7 Å². The van der Waals surface area contributed by atoms with Crippen molar-refractivity contribution in [2.24, 2.45) is 5.73 Å². The van der Waals surface area contributed by atoms with Gasteiger partial charge in [-0.1, -0.05) is 11.6 Å². The molecule has 2 aliphatic rings. The predicted octanol–water partition coefficient (Wildman–Crippen LogP) is 4.01. The number of hydrogen-bond acceptors (Lipinski definition) is 6. The van der Waals surface area contributed by atoms with Gasteiger partial charge < -0.3 is 15.5 Å². The fraction of sp³-hybridized carbons (Fsp3) is 0.478. The van der Waals surface area contributed by atoms with Crippen molar-refractivity contribution >= 4 is 29.0 Å². The van der Waals surface area contributed by atoms with Crippen molar-refractivity contribution in [1.29, 1.82) is 0 Å². The first-order chi connectivity index (χ1) is 16.6. The molecule has 12 heteroatoms. The van der Waals surface area contributed by atoms with Crippen molar-refractivity contribution in [3.8, 4) is 0 Å². The summed E-state index contributed by atoms with van der Waals surface area (Å²) in [6, 6.07) is 2.16. The van der Waals surface area contributed by atoms with Gasteiger partial charge in [-0.2, -0.15) is 18.3 Å². The summed E-state index contributed by atoms with van der Waals surface area (Å²) in [4.78, 5) is 25.5. The topological polar surface area (TPSA) is 92.6 Å². The van der Waals surface area contributed by atoms with E-state index in [4.69, 9.17) is 22.3 Å². The summed E-state index contributed by atoms with van der Waals surface area (Å²) in [5.74, 6) is 0.0558. The molecule has 0 bridgehead atoms. The number of halogens is 4. The van der Waals surface area contributed by atoms with Gasteiger partial charge in [-0.25, -0.2) is 14.5 Å². The zero-order chi connectivity index (χ0) is 24.9. The monoisotopic (exact) mass is 507 g/mol. The zero-order valence-corrected chi connectivity index (χ0v) is 19.9. The van der Waals surface area contributed by atoms with Crippen LogP contribution in [0.15, 0.2) is 24.5 Å². The molecule has 186 valence electrons. The molecule has 1 amide bonds. The number of amides is 1. The number of piperidine rings is 1. The summed E-state index contributed by atoms with van der Waals surface area (Å²) < 4.78 is 42.6. The summed E-state index contributed by atoms with van der Waals surface area (Å²) in [7, 11) is 0. The smallest absolute Gasteiger partial charge is 0.355 e. The normalized spacial score (nSPS) is 21.2. The molecule has 2 fully saturated rings. The van der Waals surface area contributed by atoms with E-state index in [0.29, 0.717) is 30.7 Å². The maximum Gasteiger partial charge on any atom is 0.418 e. The first-order valence-corrected chi connectivity index (χ1v) is 11.9. The van der Waals surface area contributed by atoms with Crippen LogP contribution in [-0.2, 0) is 6.18 Å². The Morgan fingerprint density at radius 3 is 2.71 bits per heavy atom. The van der Waals surface area contributed by atoms with E-state index in [1.807, 2.05) is 13.1 Å². The second-order valence-electron chi connectivity index (χ2n) is 9.17. The average molecular weight is 508 g/mol. The largest absolute Gasteiger partial charge is 0.418 e. The fourth-order valence-corrected chi connectivity index (χ4v) is 5.08. The Hall–Kier alpha value is -2.92. The van der Waals surface area contributed by atoms with Gasteiger partial charge in [0.1, 0.15) is 11.5 Å². The number of fused-ring (bicyclic) bond motifs is 1. The quantitative estimate of drug-likeness (QED) is 0.576. The van der Waals surface area contributed by atoms with Crippen LogP contribution in [0.5, 0.6) is 0 Å². The molecule has 2 aliphatic heterocycles. The van der Waals surface area contributed by atoms with Gasteiger partial charge in [0.2, 0.25) is 0 Å². The Kier molecular flexibility index (Phi) is 6.08. The molecule has 2 N–H and O–H groups in total. The molecular weight excluding hydrogens is 483 g/mol. The van der Waals surface area contributed by atoms with E-state index >= 15 is 0 Å². The molecule has 35 heavy (non-hydrogen) atoms. The van der Waals surface area contributed by atoms with E-state index < -0.39 is 29.4 Å². The summed E-state index contributed by atoms with van der Waals surface area (Å²) >= 11 is 5.75. The summed E-state index contributed by atoms with van der Waals surface area (Å²) in [6.45, 7) is 3.81. The van der Waals surface area contributed by atoms with Crippen molar-refractivity contribution < 1.29 is 18.0 Å². The first-order valence-electron chi connectivity index (χ1n) is 11.5. The lowest BCUT2D eigenvalue weighted by molar-refractivity contribution is -0.138. The van der Waals surface area contributed by atoms with Gasteiger partial charge in [0.25, 0.3) is 5.91 Å². The minimum atomic E-state index is -4.76. The SMILES string of the molecule is Cc1cn2nc(C3CCCCN3C(=O)c3ncc(Cl)cc3C(F)(F)F)cc2nc1N1CCC(N)C1. The lowest BCUT2D eigenvalue weighted by Crippen LogP contribution is -2.40. The molecule has 2 unspecified atom stereocenters. The molecule has 5 rings (SSSR count). The number of anilines is 1. The van der Waals surface area contributed by atoms with Crippen molar-refractivity contribution in [2.45, 2.75) is 50.9 Å². The second kappa shape index (κ2) is 8.94. The highest BCUT2D eigenvalue weighted by Crippen LogP contribution is 2.37. The van der Waals surface area contributed by atoms with Crippen LogP contribution in [-0.4, -0.2) is 56.1 Å². The van der Waals surface area contributed by atoms with Gasteiger partial charge in [-0.15, -0.1) is 0 Å². The number of nitrogens with two attached hydrogens (primary N) is 1. The average Bonchev–Trinajstić information content (AvgIpc) is 3.43. The van der Waals surface area contributed by atoms with Crippen molar-refractivity contribution in [1.82, 2.24) is 24.5 Å². The van der Waals surface area contributed by atoms with Gasteiger partial charge in [0, 0.05) is 49.7 Å². The van der Waals surface area contributed by atoms with Crippen molar-refractivity contribution in [3.63, 3.8) is 0 Å². The minimum absolute atomic E-state index is 0.109. The second-order valence-corrected chi connectivity index (χ2v) is 9.61. The highest BCUT2D eigenvalue weighted by molar-refractivity contribution is 6.30. The van der Waals surface area contributed by atoms with Crippen LogP contribution in [0.4, 0.5) is 19.0 Å². The van der Waals surface area contributed by atoms with E-state index in [1.165, 1.54) is 4.90 Å².